The number of rotatable bonds is 1. The van der Waals surface area contributed by atoms with Crippen LogP contribution in [0.1, 0.15) is 0 Å². The largest absolute Gasteiger partial charge is 0.396 e. The van der Waals surface area contributed by atoms with E-state index in [2.05, 4.69) is 10.3 Å². The van der Waals surface area contributed by atoms with E-state index in [1.165, 1.54) is 11.8 Å². The van der Waals surface area contributed by atoms with Gasteiger partial charge in [-0.15, -0.1) is 0 Å². The summed E-state index contributed by atoms with van der Waals surface area (Å²) in [5, 5.41) is 32.2. The van der Waals surface area contributed by atoms with Gasteiger partial charge in [-0.2, -0.15) is 0 Å². The summed E-state index contributed by atoms with van der Waals surface area (Å²) >= 11 is 1.48. The van der Waals surface area contributed by atoms with Gasteiger partial charge in [-0.05, 0) is 0 Å². The van der Waals surface area contributed by atoms with Gasteiger partial charge in [-0.25, -0.2) is 0 Å². The molecule has 0 amide bonds. The van der Waals surface area contributed by atoms with Gasteiger partial charge in [0.15, 0.2) is 5.17 Å². The van der Waals surface area contributed by atoms with Crippen molar-refractivity contribution in [2.75, 3.05) is 13.7 Å². The van der Waals surface area contributed by atoms with Gasteiger partial charge in [0.25, 0.3) is 0 Å². The van der Waals surface area contributed by atoms with E-state index in [4.69, 9.17) is 5.11 Å². The molecule has 0 aromatic heterocycles. The van der Waals surface area contributed by atoms with Gasteiger partial charge in [0.1, 0.15) is 6.10 Å². The molecule has 14 heavy (non-hydrogen) atoms. The molecule has 2 unspecified atom stereocenters. The lowest BCUT2D eigenvalue weighted by Gasteiger charge is -2.17. The summed E-state index contributed by atoms with van der Waals surface area (Å²) in [7, 11) is 1.67. The first-order chi connectivity index (χ1) is 6.69. The van der Waals surface area contributed by atoms with E-state index < -0.39 is 12.2 Å². The molecule has 2 aliphatic rings. The molecule has 0 bridgehead atoms. The smallest absolute Gasteiger partial charge is 0.156 e. The van der Waals surface area contributed by atoms with E-state index in [-0.39, 0.29) is 23.8 Å². The predicted molar refractivity (Wildman–Crippen MR) is 54.3 cm³/mol. The summed E-state index contributed by atoms with van der Waals surface area (Å²) in [5.41, 5.74) is 0. The van der Waals surface area contributed by atoms with Crippen molar-refractivity contribution < 1.29 is 15.3 Å². The van der Waals surface area contributed by atoms with Crippen molar-refractivity contribution in [1.29, 1.82) is 0 Å². The Morgan fingerprint density at radius 3 is 2.71 bits per heavy atom. The highest BCUT2D eigenvalue weighted by atomic mass is 32.2. The fourth-order valence-corrected chi connectivity index (χ4v) is 3.45. The van der Waals surface area contributed by atoms with Crippen LogP contribution in [0.25, 0.3) is 0 Å². The maximum Gasteiger partial charge on any atom is 0.156 e. The Morgan fingerprint density at radius 1 is 1.43 bits per heavy atom. The van der Waals surface area contributed by atoms with Crippen LogP contribution in [-0.2, 0) is 0 Å². The summed E-state index contributed by atoms with van der Waals surface area (Å²) < 4.78 is 0. The number of fused-ring (bicyclic) bond motifs is 1. The second-order valence-electron chi connectivity index (χ2n) is 3.61. The summed E-state index contributed by atoms with van der Waals surface area (Å²) in [6.07, 6.45) is -1.66. The van der Waals surface area contributed by atoms with Crippen molar-refractivity contribution in [3.63, 3.8) is 0 Å². The Bertz CT molecular complexity index is 261. The molecule has 0 spiro atoms. The van der Waals surface area contributed by atoms with E-state index in [0.29, 0.717) is 0 Å². The Morgan fingerprint density at radius 2 is 2.14 bits per heavy atom. The molecule has 6 heteroatoms. The lowest BCUT2D eigenvalue weighted by Crippen LogP contribution is -2.40. The first-order valence-electron chi connectivity index (χ1n) is 4.56. The fraction of sp³-hybridized carbons (Fsp3) is 0.875. The van der Waals surface area contributed by atoms with Crippen LogP contribution in [0.5, 0.6) is 0 Å². The highest BCUT2D eigenvalue weighted by Crippen LogP contribution is 2.40. The lowest BCUT2D eigenvalue weighted by molar-refractivity contribution is 0.00147. The molecule has 80 valence electrons. The number of hydrogen-bond acceptors (Lipinski definition) is 5. The SMILES string of the molecule is CN=C1NC2C(S1)[C@H](CO)[C@@H](O)[C@@H]2O. The normalized spacial score (nSPS) is 49.4. The van der Waals surface area contributed by atoms with E-state index in [1.807, 2.05) is 0 Å². The van der Waals surface area contributed by atoms with Crippen LogP contribution < -0.4 is 5.32 Å². The van der Waals surface area contributed by atoms with Gasteiger partial charge in [-0.1, -0.05) is 11.8 Å². The number of thioether (sulfide) groups is 1. The number of aliphatic hydroxyl groups is 3. The minimum absolute atomic E-state index is 0.0173. The van der Waals surface area contributed by atoms with Gasteiger partial charge in [0, 0.05) is 24.8 Å². The number of aliphatic imine (C=N–C) groups is 1. The molecule has 0 aromatic rings. The number of nitrogens with one attached hydrogen (secondary N) is 1. The zero-order valence-electron chi connectivity index (χ0n) is 7.79. The van der Waals surface area contributed by atoms with Crippen LogP contribution in [0, 0.1) is 5.92 Å². The minimum Gasteiger partial charge on any atom is -0.396 e. The average molecular weight is 218 g/mol. The van der Waals surface area contributed by atoms with Crippen molar-refractivity contribution >= 4 is 16.9 Å². The van der Waals surface area contributed by atoms with Gasteiger partial charge in [0.2, 0.25) is 0 Å². The quantitative estimate of drug-likeness (QED) is 0.425. The molecular formula is C8H14N2O3S. The number of amidine groups is 1. The molecule has 4 N–H and O–H groups in total. The number of nitrogens with zero attached hydrogens (tertiary/aromatic N) is 1. The molecule has 0 aromatic carbocycles. The fourth-order valence-electron chi connectivity index (χ4n) is 2.08. The molecule has 2 rings (SSSR count). The van der Waals surface area contributed by atoms with E-state index >= 15 is 0 Å². The van der Waals surface area contributed by atoms with Crippen molar-refractivity contribution in [2.45, 2.75) is 23.5 Å². The Balaban J connectivity index is 2.18. The summed E-state index contributed by atoms with van der Waals surface area (Å²) in [5.74, 6) is -0.272. The summed E-state index contributed by atoms with van der Waals surface area (Å²) in [4.78, 5) is 3.99. The molecule has 1 aliphatic carbocycles. The standard InChI is InChI=1S/C8H14N2O3S/c1-9-8-10-4-6(13)5(12)3(2-11)7(4)14-8/h3-7,11-13H,2H2,1H3,(H,9,10)/t3-,4?,5-,6-,7?/m1/s1. The monoisotopic (exact) mass is 218 g/mol. The first kappa shape index (κ1) is 10.2. The van der Waals surface area contributed by atoms with Crippen LogP contribution in [0.15, 0.2) is 4.99 Å². The van der Waals surface area contributed by atoms with Gasteiger partial charge in [-0.3, -0.25) is 4.99 Å². The number of aliphatic hydroxyl groups excluding tert-OH is 3. The Hall–Kier alpha value is -0.300. The lowest BCUT2D eigenvalue weighted by atomic mass is 10.1. The van der Waals surface area contributed by atoms with Gasteiger partial charge < -0.3 is 20.6 Å². The van der Waals surface area contributed by atoms with E-state index in [1.54, 1.807) is 7.05 Å². The maximum absolute atomic E-state index is 9.69. The second kappa shape index (κ2) is 3.69. The first-order valence-corrected chi connectivity index (χ1v) is 5.44. The van der Waals surface area contributed by atoms with Crippen LogP contribution >= 0.6 is 11.8 Å². The van der Waals surface area contributed by atoms with Crippen LogP contribution in [0.4, 0.5) is 0 Å². The number of hydrogen-bond donors (Lipinski definition) is 4. The molecule has 1 heterocycles. The summed E-state index contributed by atoms with van der Waals surface area (Å²) in [6.45, 7) is -0.106. The molecule has 1 aliphatic heterocycles. The molecule has 5 atom stereocenters. The average Bonchev–Trinajstić information content (AvgIpc) is 2.69. The maximum atomic E-state index is 9.69. The van der Waals surface area contributed by atoms with Crippen molar-refractivity contribution in [2.24, 2.45) is 10.9 Å². The highest BCUT2D eigenvalue weighted by Gasteiger charge is 2.53. The molecule has 1 saturated carbocycles. The molecular weight excluding hydrogens is 204 g/mol. The van der Waals surface area contributed by atoms with Gasteiger partial charge in [0.05, 0.1) is 12.1 Å². The Kier molecular flexibility index (Phi) is 2.70. The second-order valence-corrected chi connectivity index (χ2v) is 4.78. The van der Waals surface area contributed by atoms with Crippen LogP contribution in [-0.4, -0.2) is 57.6 Å². The summed E-state index contributed by atoms with van der Waals surface area (Å²) in [6, 6.07) is -0.189. The van der Waals surface area contributed by atoms with Crippen LogP contribution in [0.2, 0.25) is 0 Å². The zero-order chi connectivity index (χ0) is 10.3. The highest BCUT2D eigenvalue weighted by molar-refractivity contribution is 8.14. The molecule has 0 radical (unpaired) electrons. The Labute approximate surface area is 86.2 Å². The van der Waals surface area contributed by atoms with E-state index in [9.17, 15) is 10.2 Å². The third-order valence-electron chi connectivity index (χ3n) is 2.88. The molecule has 2 fully saturated rings. The zero-order valence-corrected chi connectivity index (χ0v) is 8.61. The minimum atomic E-state index is -0.839. The van der Waals surface area contributed by atoms with Gasteiger partial charge >= 0.3 is 0 Å². The third-order valence-corrected chi connectivity index (χ3v) is 4.32. The van der Waals surface area contributed by atoms with E-state index in [0.717, 1.165) is 5.17 Å². The topological polar surface area (TPSA) is 85.1 Å². The van der Waals surface area contributed by atoms with Crippen molar-refractivity contribution in [1.82, 2.24) is 5.32 Å². The predicted octanol–water partition coefficient (Wildman–Crippen LogP) is -1.61. The van der Waals surface area contributed by atoms with Crippen LogP contribution in [0.3, 0.4) is 0 Å². The van der Waals surface area contributed by atoms with Crippen molar-refractivity contribution in [3.05, 3.63) is 0 Å². The molecule has 1 saturated heterocycles. The van der Waals surface area contributed by atoms with Crippen molar-refractivity contribution in [3.8, 4) is 0 Å². The third kappa shape index (κ3) is 1.33. The molecule has 5 nitrogen and oxygen atoms in total.